The number of aliphatic hydroxyl groups is 1. The molecule has 0 amide bonds. The van der Waals surface area contributed by atoms with Crippen molar-refractivity contribution in [2.45, 2.75) is 17.7 Å². The van der Waals surface area contributed by atoms with E-state index in [0.717, 1.165) is 0 Å². The summed E-state index contributed by atoms with van der Waals surface area (Å²) in [7, 11) is 0. The molecular weight excluding hydrogens is 160 g/mol. The van der Waals surface area contributed by atoms with Crippen LogP contribution >= 0.6 is 0 Å². The van der Waals surface area contributed by atoms with Gasteiger partial charge in [0.2, 0.25) is 0 Å². The molecule has 0 radical (unpaired) electrons. The first kappa shape index (κ1) is 5.70. The summed E-state index contributed by atoms with van der Waals surface area (Å²) in [5.41, 5.74) is 0. The maximum absolute atomic E-state index is 8.44. The SMILES string of the molecule is C[C](C)(O)[Ag]. The van der Waals surface area contributed by atoms with Crippen LogP contribution in [0.15, 0.2) is 0 Å². The van der Waals surface area contributed by atoms with E-state index in [1.807, 2.05) is 0 Å². The Kier molecular flexibility index (Phi) is 1.63. The Morgan fingerprint density at radius 2 is 1.60 bits per heavy atom. The molecule has 0 aliphatic rings. The first-order valence-corrected chi connectivity index (χ1v) is 2.12. The molecule has 0 aliphatic heterocycles. The molecule has 1 nitrogen and oxygen atoms in total. The molecular formula is C3H7AgO. The van der Waals surface area contributed by atoms with Gasteiger partial charge in [0.15, 0.2) is 0 Å². The van der Waals surface area contributed by atoms with Gasteiger partial charge in [0, 0.05) is 0 Å². The molecule has 0 fully saturated rings. The third-order valence-corrected chi connectivity index (χ3v) is 0. The maximum atomic E-state index is 8.44. The van der Waals surface area contributed by atoms with E-state index in [0.29, 0.717) is 0 Å². The summed E-state index contributed by atoms with van der Waals surface area (Å²) < 4.78 is -0.690. The summed E-state index contributed by atoms with van der Waals surface area (Å²) in [5, 5.41) is 8.44. The molecule has 0 aliphatic carbocycles. The van der Waals surface area contributed by atoms with E-state index >= 15 is 0 Å². The van der Waals surface area contributed by atoms with Gasteiger partial charge < -0.3 is 0 Å². The van der Waals surface area contributed by atoms with Crippen molar-refractivity contribution in [3.8, 4) is 0 Å². The Morgan fingerprint density at radius 3 is 1.60 bits per heavy atom. The molecule has 2 heteroatoms. The van der Waals surface area contributed by atoms with Crippen LogP contribution in [0, 0.1) is 0 Å². The standard InChI is InChI=1S/C3H7O.Ag/c1-3(2)4;/h4H,1-2H3;. The molecule has 0 heterocycles. The van der Waals surface area contributed by atoms with Crippen molar-refractivity contribution in [3.05, 3.63) is 0 Å². The topological polar surface area (TPSA) is 20.2 Å². The van der Waals surface area contributed by atoms with Crippen molar-refractivity contribution in [2.24, 2.45) is 0 Å². The molecule has 0 unspecified atom stereocenters. The fourth-order valence-electron chi connectivity index (χ4n) is 0. The Hall–Kier alpha value is 0.700. The van der Waals surface area contributed by atoms with Crippen LogP contribution in [-0.4, -0.2) is 8.93 Å². The van der Waals surface area contributed by atoms with Crippen LogP contribution in [0.2, 0.25) is 0 Å². The van der Waals surface area contributed by atoms with Crippen molar-refractivity contribution in [2.75, 3.05) is 0 Å². The molecule has 1 N–H and O–H groups in total. The van der Waals surface area contributed by atoms with Crippen molar-refractivity contribution < 1.29 is 26.2 Å². The van der Waals surface area contributed by atoms with E-state index in [2.05, 4.69) is 21.1 Å². The van der Waals surface area contributed by atoms with Crippen LogP contribution < -0.4 is 0 Å². The fourth-order valence-corrected chi connectivity index (χ4v) is 0. The van der Waals surface area contributed by atoms with Gasteiger partial charge in [-0.3, -0.25) is 0 Å². The zero-order valence-corrected chi connectivity index (χ0v) is 4.73. The Balaban J connectivity index is 3.02. The Labute approximate surface area is 44.3 Å². The molecule has 0 saturated heterocycles. The molecule has 0 aromatic carbocycles. The average molecular weight is 167 g/mol. The molecule has 5 heavy (non-hydrogen) atoms. The van der Waals surface area contributed by atoms with Gasteiger partial charge in [0.05, 0.1) is 0 Å². The third-order valence-electron chi connectivity index (χ3n) is 0. The zero-order chi connectivity index (χ0) is 4.50. The third kappa shape index (κ3) is 69.9. The summed E-state index contributed by atoms with van der Waals surface area (Å²) in [5.74, 6) is 0. The van der Waals surface area contributed by atoms with Crippen LogP contribution in [0.4, 0.5) is 0 Å². The quantitative estimate of drug-likeness (QED) is 0.513. The molecule has 0 rings (SSSR count). The van der Waals surface area contributed by atoms with Gasteiger partial charge in [-0.15, -0.1) is 0 Å². The van der Waals surface area contributed by atoms with E-state index in [1.165, 1.54) is 0 Å². The summed E-state index contributed by atoms with van der Waals surface area (Å²) in [6.45, 7) is 3.32. The number of hydrogen-bond acceptors (Lipinski definition) is 1. The van der Waals surface area contributed by atoms with Gasteiger partial charge in [-0.2, -0.15) is 0 Å². The zero-order valence-electron chi connectivity index (χ0n) is 3.25. The van der Waals surface area contributed by atoms with Crippen molar-refractivity contribution in [1.29, 1.82) is 0 Å². The van der Waals surface area contributed by atoms with E-state index in [-0.39, 0.29) is 0 Å². The van der Waals surface area contributed by atoms with E-state index in [4.69, 9.17) is 5.11 Å². The minimum atomic E-state index is -0.690. The van der Waals surface area contributed by atoms with Crippen LogP contribution in [0.1, 0.15) is 13.8 Å². The van der Waals surface area contributed by atoms with Gasteiger partial charge in [-0.25, -0.2) is 0 Å². The normalized spacial score (nSPS) is 12.2. The van der Waals surface area contributed by atoms with Gasteiger partial charge in [0.1, 0.15) is 0 Å². The number of rotatable bonds is 0. The van der Waals surface area contributed by atoms with E-state index in [9.17, 15) is 0 Å². The van der Waals surface area contributed by atoms with E-state index in [1.54, 1.807) is 13.8 Å². The van der Waals surface area contributed by atoms with Crippen LogP contribution in [0.5, 0.6) is 0 Å². The molecule has 0 spiro atoms. The second-order valence-corrected chi connectivity index (χ2v) is 3.13. The predicted molar refractivity (Wildman–Crippen MR) is 16.3 cm³/mol. The predicted octanol–water partition coefficient (Wildman–Crippen LogP) is 0.262. The Morgan fingerprint density at radius 1 is 1.60 bits per heavy atom. The van der Waals surface area contributed by atoms with Crippen molar-refractivity contribution in [1.82, 2.24) is 0 Å². The first-order chi connectivity index (χ1) is 2.00. The monoisotopic (exact) mass is 166 g/mol. The second kappa shape index (κ2) is 1.43. The van der Waals surface area contributed by atoms with Gasteiger partial charge in [0.25, 0.3) is 0 Å². The van der Waals surface area contributed by atoms with Gasteiger partial charge in [-0.1, -0.05) is 0 Å². The van der Waals surface area contributed by atoms with Gasteiger partial charge in [-0.05, 0) is 0 Å². The van der Waals surface area contributed by atoms with Gasteiger partial charge >= 0.3 is 43.8 Å². The second-order valence-electron chi connectivity index (χ2n) is 1.32. The minimum absolute atomic E-state index is 0.690. The molecule has 0 saturated carbocycles. The molecule has 0 aromatic heterocycles. The molecule has 0 aromatic rings. The van der Waals surface area contributed by atoms with Crippen molar-refractivity contribution in [3.63, 3.8) is 0 Å². The molecule has 36 valence electrons. The summed E-state index contributed by atoms with van der Waals surface area (Å²) in [4.78, 5) is 0. The summed E-state index contributed by atoms with van der Waals surface area (Å²) in [6, 6.07) is 0. The fraction of sp³-hybridized carbons (Fsp3) is 1.00. The van der Waals surface area contributed by atoms with Crippen LogP contribution in [0.3, 0.4) is 0 Å². The number of hydrogen-bond donors (Lipinski definition) is 1. The summed E-state index contributed by atoms with van der Waals surface area (Å²) in [6.07, 6.45) is 0. The Bertz CT molecular complexity index is 22.4. The van der Waals surface area contributed by atoms with Crippen molar-refractivity contribution >= 4 is 0 Å². The van der Waals surface area contributed by atoms with Crippen LogP contribution in [0.25, 0.3) is 0 Å². The molecule has 0 bridgehead atoms. The van der Waals surface area contributed by atoms with Crippen LogP contribution in [-0.2, 0) is 21.1 Å². The first-order valence-electron chi connectivity index (χ1n) is 1.37. The molecule has 0 atom stereocenters. The van der Waals surface area contributed by atoms with E-state index < -0.39 is 3.82 Å². The average Bonchev–Trinajstić information content (AvgIpc) is 0.722. The summed E-state index contributed by atoms with van der Waals surface area (Å²) >= 11 is 2.95.